The lowest BCUT2D eigenvalue weighted by Crippen LogP contribution is -2.30. The molecule has 2 heterocycles. The summed E-state index contributed by atoms with van der Waals surface area (Å²) in [6, 6.07) is 16.3. The maximum Gasteiger partial charge on any atom is 0.335 e. The number of carbonyl (C=O) groups is 3. The van der Waals surface area contributed by atoms with Crippen LogP contribution < -0.4 is 9.64 Å². The van der Waals surface area contributed by atoms with E-state index in [4.69, 9.17) is 16.3 Å². The average molecular weight is 504 g/mol. The molecule has 4 aromatic rings. The Hall–Kier alpha value is -4.63. The second-order valence-corrected chi connectivity index (χ2v) is 8.49. The van der Waals surface area contributed by atoms with Gasteiger partial charge in [-0.25, -0.2) is 9.78 Å². The van der Waals surface area contributed by atoms with Gasteiger partial charge in [0, 0.05) is 10.6 Å². The van der Waals surface area contributed by atoms with E-state index in [0.717, 1.165) is 4.90 Å². The first kappa shape index (κ1) is 23.1. The first-order chi connectivity index (χ1) is 17.3. The molecule has 0 spiro atoms. The van der Waals surface area contributed by atoms with E-state index in [-0.39, 0.29) is 22.6 Å². The summed E-state index contributed by atoms with van der Waals surface area (Å²) in [5.41, 5.74) is 1.40. The van der Waals surface area contributed by atoms with Crippen molar-refractivity contribution in [2.24, 2.45) is 0 Å². The lowest BCUT2D eigenvalue weighted by atomic mass is 9.95. The lowest BCUT2D eigenvalue weighted by molar-refractivity contribution is -0.132. The highest BCUT2D eigenvalue weighted by Gasteiger charge is 2.48. The number of halogens is 1. The minimum absolute atomic E-state index is 0.0209. The second-order valence-electron chi connectivity index (χ2n) is 8.05. The first-order valence-electron chi connectivity index (χ1n) is 10.7. The number of rotatable bonds is 5. The van der Waals surface area contributed by atoms with Crippen molar-refractivity contribution in [1.29, 1.82) is 0 Å². The fraction of sp³-hybridized carbons (Fsp3) is 0.0769. The van der Waals surface area contributed by atoms with Crippen molar-refractivity contribution < 1.29 is 29.3 Å². The van der Waals surface area contributed by atoms with Crippen molar-refractivity contribution in [3.05, 3.63) is 94.0 Å². The summed E-state index contributed by atoms with van der Waals surface area (Å²) in [7, 11) is 1.49. The number of fused-ring (bicyclic) bond motifs is 1. The molecule has 1 unspecified atom stereocenters. The highest BCUT2D eigenvalue weighted by Crippen LogP contribution is 2.42. The van der Waals surface area contributed by atoms with Gasteiger partial charge in [-0.1, -0.05) is 35.9 Å². The van der Waals surface area contributed by atoms with Gasteiger partial charge < -0.3 is 19.9 Å². The van der Waals surface area contributed by atoms with Gasteiger partial charge in [0.15, 0.2) is 0 Å². The Morgan fingerprint density at radius 2 is 1.81 bits per heavy atom. The quantitative estimate of drug-likeness (QED) is 0.207. The van der Waals surface area contributed by atoms with Crippen LogP contribution in [0.25, 0.3) is 16.8 Å². The fourth-order valence-corrected chi connectivity index (χ4v) is 4.40. The predicted molar refractivity (Wildman–Crippen MR) is 132 cm³/mol. The van der Waals surface area contributed by atoms with Crippen molar-refractivity contribution in [1.82, 2.24) is 9.97 Å². The summed E-state index contributed by atoms with van der Waals surface area (Å²) in [6.07, 6.45) is 0. The zero-order valence-corrected chi connectivity index (χ0v) is 19.5. The molecule has 180 valence electrons. The van der Waals surface area contributed by atoms with Crippen molar-refractivity contribution in [2.45, 2.75) is 6.04 Å². The predicted octanol–water partition coefficient (Wildman–Crippen LogP) is 4.55. The Morgan fingerprint density at radius 1 is 1.03 bits per heavy atom. The molecule has 0 aliphatic carbocycles. The molecule has 1 aliphatic rings. The number of aromatic amines is 1. The zero-order valence-electron chi connectivity index (χ0n) is 18.7. The third-order valence-corrected chi connectivity index (χ3v) is 6.13. The Morgan fingerprint density at radius 3 is 2.53 bits per heavy atom. The number of carboxylic acid groups (broad SMARTS) is 1. The molecule has 0 radical (unpaired) electrons. The van der Waals surface area contributed by atoms with Gasteiger partial charge in [0.25, 0.3) is 5.78 Å². The summed E-state index contributed by atoms with van der Waals surface area (Å²) < 4.78 is 5.33. The number of benzene rings is 3. The number of imidazole rings is 1. The van der Waals surface area contributed by atoms with Crippen LogP contribution in [0.4, 0.5) is 5.95 Å². The number of Topliss-reactive ketones (excluding diaryl/α,β-unsaturated/α-hetero) is 1. The summed E-state index contributed by atoms with van der Waals surface area (Å²) in [5.74, 6) is -2.83. The van der Waals surface area contributed by atoms with Crippen LogP contribution in [0, 0.1) is 0 Å². The number of carbonyl (C=O) groups excluding carboxylic acids is 2. The molecule has 0 bridgehead atoms. The maximum absolute atomic E-state index is 13.3. The average Bonchev–Trinajstić information content (AvgIpc) is 3.41. The molecular formula is C26H18ClN3O6. The highest BCUT2D eigenvalue weighted by molar-refractivity contribution is 6.51. The summed E-state index contributed by atoms with van der Waals surface area (Å²) in [4.78, 5) is 46.5. The normalized spacial score (nSPS) is 17.1. The van der Waals surface area contributed by atoms with E-state index in [1.54, 1.807) is 42.5 Å². The van der Waals surface area contributed by atoms with E-state index in [0.29, 0.717) is 27.4 Å². The van der Waals surface area contributed by atoms with E-state index >= 15 is 0 Å². The molecule has 1 fully saturated rings. The number of aromatic carboxylic acids is 1. The smallest absolute Gasteiger partial charge is 0.335 e. The van der Waals surface area contributed by atoms with E-state index in [2.05, 4.69) is 9.97 Å². The largest absolute Gasteiger partial charge is 0.507 e. The maximum atomic E-state index is 13.3. The van der Waals surface area contributed by atoms with Gasteiger partial charge in [0.1, 0.15) is 11.5 Å². The number of methoxy groups -OCH3 is 1. The first-order valence-corrected chi connectivity index (χ1v) is 11.1. The minimum Gasteiger partial charge on any atom is -0.507 e. The molecule has 1 amide bonds. The van der Waals surface area contributed by atoms with Crippen LogP contribution in [0.3, 0.4) is 0 Å². The number of ether oxygens (including phenoxy) is 1. The summed E-state index contributed by atoms with van der Waals surface area (Å²) in [6.45, 7) is 0. The number of hydrogen-bond acceptors (Lipinski definition) is 6. The van der Waals surface area contributed by atoms with Gasteiger partial charge in [0.05, 0.1) is 35.3 Å². The van der Waals surface area contributed by atoms with Crippen LogP contribution in [0.15, 0.2) is 72.3 Å². The van der Waals surface area contributed by atoms with Crippen molar-refractivity contribution >= 4 is 52.0 Å². The number of aliphatic hydroxyl groups excluding tert-OH is 1. The van der Waals surface area contributed by atoms with Gasteiger partial charge in [-0.05, 0) is 48.0 Å². The Kier molecular flexibility index (Phi) is 5.69. The number of H-pyrrole nitrogens is 1. The zero-order chi connectivity index (χ0) is 25.6. The number of nitrogens with zero attached hydrogens (tertiary/aromatic N) is 2. The van der Waals surface area contributed by atoms with Crippen LogP contribution in [0.2, 0.25) is 5.02 Å². The summed E-state index contributed by atoms with van der Waals surface area (Å²) in [5, 5.41) is 20.8. The third kappa shape index (κ3) is 3.85. The molecule has 36 heavy (non-hydrogen) atoms. The van der Waals surface area contributed by atoms with E-state index in [1.807, 2.05) is 0 Å². The number of amides is 1. The van der Waals surface area contributed by atoms with Crippen LogP contribution in [0.5, 0.6) is 5.75 Å². The van der Waals surface area contributed by atoms with Crippen LogP contribution in [-0.4, -0.2) is 45.0 Å². The minimum atomic E-state index is -1.12. The molecule has 10 heteroatoms. The molecule has 1 aliphatic heterocycles. The molecule has 3 N–H and O–H groups in total. The molecule has 3 aromatic carbocycles. The Labute approximate surface area is 209 Å². The Bertz CT molecular complexity index is 1590. The topological polar surface area (TPSA) is 133 Å². The molecular weight excluding hydrogens is 486 g/mol. The van der Waals surface area contributed by atoms with Crippen molar-refractivity contribution in [3.63, 3.8) is 0 Å². The second kappa shape index (κ2) is 8.86. The van der Waals surface area contributed by atoms with E-state index in [1.165, 1.54) is 31.4 Å². The number of nitrogens with one attached hydrogen (secondary N) is 1. The standard InChI is InChI=1S/C26H18ClN3O6/c1-36-17-7-3-4-13(11-17)21-20(22(31)14-5-2-6-16(27)10-14)23(32)24(33)30(21)26-28-18-9-8-15(25(34)35)12-19(18)29-26/h2-12,21,31H,1H3,(H,28,29)(H,34,35)/b22-20+. The molecule has 1 saturated heterocycles. The molecule has 1 atom stereocenters. The van der Waals surface area contributed by atoms with Gasteiger partial charge in [-0.2, -0.15) is 0 Å². The van der Waals surface area contributed by atoms with Crippen LogP contribution >= 0.6 is 11.6 Å². The molecule has 1 aromatic heterocycles. The number of aromatic nitrogens is 2. The number of anilines is 1. The van der Waals surface area contributed by atoms with Crippen molar-refractivity contribution in [2.75, 3.05) is 12.0 Å². The van der Waals surface area contributed by atoms with Gasteiger partial charge in [-0.15, -0.1) is 0 Å². The highest BCUT2D eigenvalue weighted by atomic mass is 35.5. The van der Waals surface area contributed by atoms with Crippen molar-refractivity contribution in [3.8, 4) is 5.75 Å². The van der Waals surface area contributed by atoms with E-state index < -0.39 is 29.5 Å². The molecule has 5 rings (SSSR count). The fourth-order valence-electron chi connectivity index (χ4n) is 4.21. The lowest BCUT2D eigenvalue weighted by Gasteiger charge is -2.23. The van der Waals surface area contributed by atoms with Gasteiger partial charge >= 0.3 is 11.9 Å². The number of aliphatic hydroxyl groups is 1. The summed E-state index contributed by atoms with van der Waals surface area (Å²) >= 11 is 6.09. The van der Waals surface area contributed by atoms with Crippen LogP contribution in [-0.2, 0) is 9.59 Å². The number of carboxylic acids is 1. The Balaban J connectivity index is 1.73. The molecule has 0 saturated carbocycles. The monoisotopic (exact) mass is 503 g/mol. The number of ketones is 1. The van der Waals surface area contributed by atoms with Gasteiger partial charge in [0.2, 0.25) is 5.95 Å². The number of hydrogen-bond donors (Lipinski definition) is 3. The molecule has 9 nitrogen and oxygen atoms in total. The SMILES string of the molecule is COc1cccc(C2/C(=C(\O)c3cccc(Cl)c3)C(=O)C(=O)N2c2nc3ccc(C(=O)O)cc3[nH]2)c1. The van der Waals surface area contributed by atoms with Crippen LogP contribution in [0.1, 0.15) is 27.5 Å². The van der Waals surface area contributed by atoms with E-state index in [9.17, 15) is 24.6 Å². The van der Waals surface area contributed by atoms with Gasteiger partial charge in [-0.3, -0.25) is 14.5 Å². The third-order valence-electron chi connectivity index (χ3n) is 5.90.